The second-order valence-corrected chi connectivity index (χ2v) is 5.28. The van der Waals surface area contributed by atoms with Crippen molar-refractivity contribution in [3.63, 3.8) is 0 Å². The first kappa shape index (κ1) is 13.5. The van der Waals surface area contributed by atoms with Crippen molar-refractivity contribution in [2.24, 2.45) is 7.05 Å². The highest BCUT2D eigenvalue weighted by atomic mass is 35.5. The van der Waals surface area contributed by atoms with Gasteiger partial charge in [-0.25, -0.2) is 0 Å². The van der Waals surface area contributed by atoms with Crippen LogP contribution in [0.1, 0.15) is 5.56 Å². The zero-order valence-electron chi connectivity index (χ0n) is 9.87. The number of hydrogen-bond acceptors (Lipinski definition) is 4. The topological polar surface area (TPSA) is 65.1 Å². The molecular formula is C12H9ClN2O3S. The molecule has 0 aliphatic rings. The average Bonchev–Trinajstić information content (AvgIpc) is 2.57. The third-order valence-electron chi connectivity index (χ3n) is 2.42. The molecule has 0 saturated carbocycles. The van der Waals surface area contributed by atoms with Crippen LogP contribution in [0.15, 0.2) is 29.1 Å². The minimum atomic E-state index is -0.575. The lowest BCUT2D eigenvalue weighted by atomic mass is 10.2. The molecule has 0 spiro atoms. The maximum Gasteiger partial charge on any atom is 0.268 e. The number of hydrogen-bond donors (Lipinski definition) is 0. The molecule has 0 aliphatic carbocycles. The molecule has 0 aliphatic heterocycles. The molecule has 5 nitrogen and oxygen atoms in total. The summed E-state index contributed by atoms with van der Waals surface area (Å²) in [5.41, 5.74) is 0.511. The molecule has 0 fully saturated rings. The number of benzene rings is 1. The minimum absolute atomic E-state index is 0.266. The maximum absolute atomic E-state index is 11.9. The summed E-state index contributed by atoms with van der Waals surface area (Å²) in [7, 11) is 1.50. The molecule has 0 N–H and O–H groups in total. The van der Waals surface area contributed by atoms with Crippen molar-refractivity contribution >= 4 is 35.2 Å². The predicted molar refractivity (Wildman–Crippen MR) is 75.3 cm³/mol. The first-order valence-electron chi connectivity index (χ1n) is 5.26. The third kappa shape index (κ3) is 3.10. The van der Waals surface area contributed by atoms with Crippen molar-refractivity contribution < 1.29 is 4.92 Å². The van der Waals surface area contributed by atoms with Crippen LogP contribution in [0.5, 0.6) is 0 Å². The van der Waals surface area contributed by atoms with E-state index in [2.05, 4.69) is 0 Å². The van der Waals surface area contributed by atoms with Crippen molar-refractivity contribution in [3.8, 4) is 0 Å². The summed E-state index contributed by atoms with van der Waals surface area (Å²) < 4.78 is 1.98. The molecule has 2 rings (SSSR count). The maximum atomic E-state index is 11.9. The van der Waals surface area contributed by atoms with E-state index in [1.165, 1.54) is 11.6 Å². The molecule has 1 aromatic heterocycles. The van der Waals surface area contributed by atoms with Crippen LogP contribution in [0, 0.1) is 10.1 Å². The Balaban J connectivity index is 2.65. The zero-order chi connectivity index (χ0) is 14.0. The quantitative estimate of drug-likeness (QED) is 0.612. The minimum Gasteiger partial charge on any atom is -0.297 e. The zero-order valence-corrected chi connectivity index (χ0v) is 11.4. The highest BCUT2D eigenvalue weighted by Crippen LogP contribution is 2.10. The van der Waals surface area contributed by atoms with E-state index < -0.39 is 4.92 Å². The van der Waals surface area contributed by atoms with E-state index in [1.807, 2.05) is 6.07 Å². The van der Waals surface area contributed by atoms with Gasteiger partial charge >= 0.3 is 0 Å². The van der Waals surface area contributed by atoms with Gasteiger partial charge in [-0.1, -0.05) is 23.7 Å². The van der Waals surface area contributed by atoms with Crippen molar-refractivity contribution in [1.82, 2.24) is 4.57 Å². The fraction of sp³-hybridized carbons (Fsp3) is 0.0833. The SMILES string of the molecule is Cn1c(=O)/c(=C/c2cccc(Cl)c2)s/c1=C\[N+](=O)[O-]. The lowest BCUT2D eigenvalue weighted by Gasteiger charge is -1.91. The first-order valence-corrected chi connectivity index (χ1v) is 6.45. The monoisotopic (exact) mass is 296 g/mol. The van der Waals surface area contributed by atoms with Crippen molar-refractivity contribution in [2.75, 3.05) is 0 Å². The summed E-state index contributed by atoms with van der Waals surface area (Å²) in [6, 6.07) is 7.03. The van der Waals surface area contributed by atoms with Gasteiger partial charge in [0, 0.05) is 12.1 Å². The fourth-order valence-corrected chi connectivity index (χ4v) is 2.73. The summed E-state index contributed by atoms with van der Waals surface area (Å²) in [5.74, 6) is 0. The summed E-state index contributed by atoms with van der Waals surface area (Å²) in [6.45, 7) is 0. The average molecular weight is 297 g/mol. The predicted octanol–water partition coefficient (Wildman–Crippen LogP) is 0.944. The molecular weight excluding hydrogens is 288 g/mol. The Hall–Kier alpha value is -1.92. The summed E-state index contributed by atoms with van der Waals surface area (Å²) in [6.07, 6.45) is 2.48. The van der Waals surface area contributed by atoms with Gasteiger partial charge in [-0.2, -0.15) is 0 Å². The second-order valence-electron chi connectivity index (χ2n) is 3.78. The van der Waals surface area contributed by atoms with Crippen LogP contribution in [-0.2, 0) is 7.05 Å². The van der Waals surface area contributed by atoms with Gasteiger partial charge in [0.05, 0.1) is 9.46 Å². The lowest BCUT2D eigenvalue weighted by molar-refractivity contribution is -0.363. The lowest BCUT2D eigenvalue weighted by Crippen LogP contribution is -2.29. The smallest absolute Gasteiger partial charge is 0.268 e. The van der Waals surface area contributed by atoms with Crippen LogP contribution in [0.2, 0.25) is 5.02 Å². The number of rotatable bonds is 2. The van der Waals surface area contributed by atoms with E-state index in [-0.39, 0.29) is 5.56 Å². The van der Waals surface area contributed by atoms with Crippen molar-refractivity contribution in [1.29, 1.82) is 0 Å². The standard InChI is InChI=1S/C12H9ClN2O3S/c1-14-11(7-15(17)18)19-10(12(14)16)6-8-3-2-4-9(13)5-8/h2-7H,1H3/b10-6-,11-7-. The Labute approximate surface area is 116 Å². The van der Waals surface area contributed by atoms with Gasteiger partial charge < -0.3 is 0 Å². The van der Waals surface area contributed by atoms with Crippen molar-refractivity contribution in [2.45, 2.75) is 0 Å². The van der Waals surface area contributed by atoms with Crippen LogP contribution < -0.4 is 14.8 Å². The van der Waals surface area contributed by atoms with E-state index >= 15 is 0 Å². The number of nitrogens with zero attached hydrogens (tertiary/aromatic N) is 2. The molecule has 0 bridgehead atoms. The first-order chi connectivity index (χ1) is 8.97. The molecule has 1 heterocycles. The van der Waals surface area contributed by atoms with Crippen LogP contribution in [0.25, 0.3) is 12.3 Å². The fourth-order valence-electron chi connectivity index (χ4n) is 1.53. The number of thiazole rings is 1. The second kappa shape index (κ2) is 5.38. The largest absolute Gasteiger partial charge is 0.297 e. The molecule has 98 valence electrons. The molecule has 0 radical (unpaired) electrons. The van der Waals surface area contributed by atoms with Gasteiger partial charge in [0.25, 0.3) is 11.8 Å². The van der Waals surface area contributed by atoms with Gasteiger partial charge in [-0.3, -0.25) is 19.5 Å². The highest BCUT2D eigenvalue weighted by molar-refractivity contribution is 7.07. The Morgan fingerprint density at radius 2 is 2.21 bits per heavy atom. The highest BCUT2D eigenvalue weighted by Gasteiger charge is 2.03. The molecule has 7 heteroatoms. The molecule has 0 amide bonds. The van der Waals surface area contributed by atoms with Crippen LogP contribution in [-0.4, -0.2) is 9.49 Å². The van der Waals surface area contributed by atoms with Gasteiger partial charge in [-0.05, 0) is 23.8 Å². The summed E-state index contributed by atoms with van der Waals surface area (Å²) >= 11 is 6.93. The molecule has 2 aromatic rings. The number of halogens is 1. The van der Waals surface area contributed by atoms with Gasteiger partial charge in [0.1, 0.15) is 0 Å². The Morgan fingerprint density at radius 3 is 2.84 bits per heavy atom. The summed E-state index contributed by atoms with van der Waals surface area (Å²) in [5, 5.41) is 11.0. The van der Waals surface area contributed by atoms with E-state index in [1.54, 1.807) is 24.3 Å². The molecule has 19 heavy (non-hydrogen) atoms. The summed E-state index contributed by atoms with van der Waals surface area (Å²) in [4.78, 5) is 21.8. The third-order valence-corrected chi connectivity index (χ3v) is 3.76. The molecule has 0 unspecified atom stereocenters. The Morgan fingerprint density at radius 1 is 1.47 bits per heavy atom. The Kier molecular flexibility index (Phi) is 3.82. The molecule has 1 aromatic carbocycles. The van der Waals surface area contributed by atoms with Gasteiger partial charge in [0.2, 0.25) is 0 Å². The number of aromatic nitrogens is 1. The van der Waals surface area contributed by atoms with Crippen LogP contribution in [0.3, 0.4) is 0 Å². The van der Waals surface area contributed by atoms with Crippen LogP contribution >= 0.6 is 22.9 Å². The normalized spacial score (nSPS) is 12.9. The van der Waals surface area contributed by atoms with E-state index in [4.69, 9.17) is 11.6 Å². The molecule has 0 atom stereocenters. The van der Waals surface area contributed by atoms with E-state index in [0.29, 0.717) is 14.2 Å². The molecule has 0 saturated heterocycles. The van der Waals surface area contributed by atoms with Crippen molar-refractivity contribution in [3.05, 3.63) is 64.5 Å². The Bertz CT molecular complexity index is 807. The van der Waals surface area contributed by atoms with E-state index in [9.17, 15) is 14.9 Å². The number of nitro groups is 1. The van der Waals surface area contributed by atoms with Gasteiger partial charge in [-0.15, -0.1) is 11.3 Å². The van der Waals surface area contributed by atoms with Crippen LogP contribution in [0.4, 0.5) is 0 Å². The van der Waals surface area contributed by atoms with Gasteiger partial charge in [0.15, 0.2) is 4.66 Å². The van der Waals surface area contributed by atoms with E-state index in [0.717, 1.165) is 23.1 Å².